The molecule has 0 amide bonds. The number of hydrogen-bond donors (Lipinski definition) is 1. The van der Waals surface area contributed by atoms with Crippen molar-refractivity contribution in [1.29, 1.82) is 0 Å². The Morgan fingerprint density at radius 3 is 2.30 bits per heavy atom. The molecule has 1 aromatic heterocycles. The lowest BCUT2D eigenvalue weighted by molar-refractivity contribution is 0.607. The zero-order valence-corrected chi connectivity index (χ0v) is 15.9. The summed E-state index contributed by atoms with van der Waals surface area (Å²) in [6, 6.07) is 23.8. The average Bonchev–Trinajstić information content (AvgIpc) is 3.02. The zero-order valence-electron chi connectivity index (χ0n) is 15.0. The summed E-state index contributed by atoms with van der Waals surface area (Å²) in [6.45, 7) is 1.96. The molecule has 4 rings (SSSR count). The van der Waals surface area contributed by atoms with Gasteiger partial charge in [0, 0.05) is 11.3 Å². The first-order valence-electron chi connectivity index (χ1n) is 8.53. The van der Waals surface area contributed by atoms with Crippen molar-refractivity contribution in [2.24, 2.45) is 0 Å². The van der Waals surface area contributed by atoms with Crippen LogP contribution in [0, 0.1) is 6.92 Å². The van der Waals surface area contributed by atoms with Gasteiger partial charge in [0.15, 0.2) is 0 Å². The third-order valence-electron chi connectivity index (χ3n) is 4.29. The number of sulfonamides is 1. The van der Waals surface area contributed by atoms with Crippen molar-refractivity contribution in [3.8, 4) is 16.9 Å². The van der Waals surface area contributed by atoms with Crippen LogP contribution < -0.4 is 4.72 Å². The van der Waals surface area contributed by atoms with Gasteiger partial charge in [-0.1, -0.05) is 36.4 Å². The van der Waals surface area contributed by atoms with Crippen LogP contribution in [0.2, 0.25) is 0 Å². The van der Waals surface area contributed by atoms with E-state index in [1.54, 1.807) is 12.1 Å². The number of anilines is 1. The lowest BCUT2D eigenvalue weighted by Crippen LogP contribution is -2.09. The van der Waals surface area contributed by atoms with E-state index in [1.807, 2.05) is 41.9 Å². The monoisotopic (exact) mass is 377 g/mol. The molecule has 0 radical (unpaired) electrons. The molecule has 0 aliphatic heterocycles. The highest BCUT2D eigenvalue weighted by Gasteiger charge is 2.11. The van der Waals surface area contributed by atoms with Crippen LogP contribution >= 0.6 is 0 Å². The topological polar surface area (TPSA) is 64.0 Å². The van der Waals surface area contributed by atoms with Crippen molar-refractivity contribution in [3.05, 3.63) is 78.5 Å². The van der Waals surface area contributed by atoms with Crippen LogP contribution in [-0.4, -0.2) is 24.5 Å². The molecule has 136 valence electrons. The van der Waals surface area contributed by atoms with Gasteiger partial charge >= 0.3 is 0 Å². The van der Waals surface area contributed by atoms with Gasteiger partial charge in [-0.05, 0) is 54.1 Å². The van der Waals surface area contributed by atoms with E-state index in [0.29, 0.717) is 5.69 Å². The van der Waals surface area contributed by atoms with Crippen LogP contribution in [-0.2, 0) is 10.0 Å². The smallest absolute Gasteiger partial charge is 0.229 e. The summed E-state index contributed by atoms with van der Waals surface area (Å²) < 4.78 is 27.1. The number of aromatic nitrogens is 2. The fourth-order valence-corrected chi connectivity index (χ4v) is 3.70. The second-order valence-electron chi connectivity index (χ2n) is 6.57. The van der Waals surface area contributed by atoms with Gasteiger partial charge < -0.3 is 0 Å². The predicted octanol–water partition coefficient (Wildman–Crippen LogP) is 4.37. The van der Waals surface area contributed by atoms with E-state index in [4.69, 9.17) is 0 Å². The quantitative estimate of drug-likeness (QED) is 0.574. The van der Waals surface area contributed by atoms with Gasteiger partial charge in [-0.2, -0.15) is 5.10 Å². The van der Waals surface area contributed by atoms with Crippen molar-refractivity contribution >= 4 is 26.5 Å². The summed E-state index contributed by atoms with van der Waals surface area (Å²) in [5.74, 6) is 0. The highest BCUT2D eigenvalue weighted by molar-refractivity contribution is 7.92. The molecule has 0 fully saturated rings. The Hall–Kier alpha value is -3.12. The normalized spacial score (nSPS) is 11.6. The molecule has 4 aromatic rings. The summed E-state index contributed by atoms with van der Waals surface area (Å²) in [4.78, 5) is 0. The van der Waals surface area contributed by atoms with Crippen molar-refractivity contribution in [1.82, 2.24) is 9.78 Å². The summed E-state index contributed by atoms with van der Waals surface area (Å²) in [5.41, 5.74) is 4.37. The Morgan fingerprint density at radius 2 is 1.59 bits per heavy atom. The standard InChI is InChI=1S/C21H19N3O2S/c1-15-13-21(18-8-7-16-5-3-4-6-17(16)14-18)24(22-15)20-11-9-19(10-12-20)23-27(2,25)26/h3-14,23H,1-2H3. The summed E-state index contributed by atoms with van der Waals surface area (Å²) in [6.07, 6.45) is 1.13. The number of fused-ring (bicyclic) bond motifs is 1. The van der Waals surface area contributed by atoms with Gasteiger partial charge in [-0.25, -0.2) is 13.1 Å². The van der Waals surface area contributed by atoms with Crippen molar-refractivity contribution in [3.63, 3.8) is 0 Å². The van der Waals surface area contributed by atoms with E-state index in [2.05, 4.69) is 40.2 Å². The number of rotatable bonds is 4. The predicted molar refractivity (Wildman–Crippen MR) is 110 cm³/mol. The first-order valence-corrected chi connectivity index (χ1v) is 10.4. The van der Waals surface area contributed by atoms with Crippen molar-refractivity contribution in [2.75, 3.05) is 11.0 Å². The molecule has 0 unspecified atom stereocenters. The van der Waals surface area contributed by atoms with Crippen LogP contribution in [0.3, 0.4) is 0 Å². The van der Waals surface area contributed by atoms with Crippen molar-refractivity contribution < 1.29 is 8.42 Å². The Morgan fingerprint density at radius 1 is 0.889 bits per heavy atom. The van der Waals surface area contributed by atoms with Gasteiger partial charge in [-0.15, -0.1) is 0 Å². The van der Waals surface area contributed by atoms with E-state index >= 15 is 0 Å². The fourth-order valence-electron chi connectivity index (χ4n) is 3.14. The molecule has 27 heavy (non-hydrogen) atoms. The van der Waals surface area contributed by atoms with E-state index in [0.717, 1.165) is 28.9 Å². The van der Waals surface area contributed by atoms with Gasteiger partial charge in [-0.3, -0.25) is 4.72 Å². The number of hydrogen-bond acceptors (Lipinski definition) is 3. The van der Waals surface area contributed by atoms with Gasteiger partial charge in [0.1, 0.15) is 0 Å². The van der Waals surface area contributed by atoms with Gasteiger partial charge in [0.05, 0.1) is 23.3 Å². The number of aryl methyl sites for hydroxylation is 1. The molecule has 5 nitrogen and oxygen atoms in total. The molecule has 0 spiro atoms. The largest absolute Gasteiger partial charge is 0.284 e. The summed E-state index contributed by atoms with van der Waals surface area (Å²) in [5, 5.41) is 6.99. The number of nitrogens with one attached hydrogen (secondary N) is 1. The summed E-state index contributed by atoms with van der Waals surface area (Å²) >= 11 is 0. The maximum atomic E-state index is 11.4. The Bertz CT molecular complexity index is 1230. The van der Waals surface area contributed by atoms with Crippen LogP contribution in [0.15, 0.2) is 72.8 Å². The molecule has 3 aromatic carbocycles. The molecule has 0 saturated carbocycles. The van der Waals surface area contributed by atoms with E-state index in [9.17, 15) is 8.42 Å². The van der Waals surface area contributed by atoms with Crippen LogP contribution in [0.5, 0.6) is 0 Å². The Balaban J connectivity index is 1.76. The molecule has 0 aliphatic carbocycles. The lowest BCUT2D eigenvalue weighted by Gasteiger charge is -2.10. The second kappa shape index (κ2) is 6.55. The minimum atomic E-state index is -3.29. The third-order valence-corrected chi connectivity index (χ3v) is 4.90. The van der Waals surface area contributed by atoms with E-state index in [-0.39, 0.29) is 0 Å². The minimum absolute atomic E-state index is 0.525. The van der Waals surface area contributed by atoms with Gasteiger partial charge in [0.25, 0.3) is 0 Å². The lowest BCUT2D eigenvalue weighted by atomic mass is 10.0. The maximum Gasteiger partial charge on any atom is 0.229 e. The molecular formula is C21H19N3O2S. The molecular weight excluding hydrogens is 358 g/mol. The molecule has 0 saturated heterocycles. The average molecular weight is 377 g/mol. The minimum Gasteiger partial charge on any atom is -0.284 e. The van der Waals surface area contributed by atoms with E-state index < -0.39 is 10.0 Å². The Labute approximate surface area is 158 Å². The molecule has 0 bridgehead atoms. The molecule has 1 N–H and O–H groups in total. The second-order valence-corrected chi connectivity index (χ2v) is 8.31. The highest BCUT2D eigenvalue weighted by Crippen LogP contribution is 2.27. The molecule has 1 heterocycles. The molecule has 0 atom stereocenters. The maximum absolute atomic E-state index is 11.4. The van der Waals surface area contributed by atoms with Crippen LogP contribution in [0.25, 0.3) is 27.7 Å². The first kappa shape index (κ1) is 17.3. The van der Waals surface area contributed by atoms with Gasteiger partial charge in [0.2, 0.25) is 10.0 Å². The fraction of sp³-hybridized carbons (Fsp3) is 0.0952. The Kier molecular flexibility index (Phi) is 4.20. The molecule has 6 heteroatoms. The summed E-state index contributed by atoms with van der Waals surface area (Å²) in [7, 11) is -3.29. The SMILES string of the molecule is Cc1cc(-c2ccc3ccccc3c2)n(-c2ccc(NS(C)(=O)=O)cc2)n1. The zero-order chi connectivity index (χ0) is 19.0. The molecule has 0 aliphatic rings. The van der Waals surface area contributed by atoms with Crippen molar-refractivity contribution in [2.45, 2.75) is 6.92 Å². The number of nitrogens with zero attached hydrogens (tertiary/aromatic N) is 2. The third kappa shape index (κ3) is 3.71. The van der Waals surface area contributed by atoms with Crippen LogP contribution in [0.4, 0.5) is 5.69 Å². The van der Waals surface area contributed by atoms with E-state index in [1.165, 1.54) is 10.8 Å². The number of benzene rings is 3. The first-order chi connectivity index (χ1) is 12.9. The highest BCUT2D eigenvalue weighted by atomic mass is 32.2. The van der Waals surface area contributed by atoms with Crippen LogP contribution in [0.1, 0.15) is 5.69 Å².